The van der Waals surface area contributed by atoms with Crippen LogP contribution in [-0.2, 0) is 0 Å². The van der Waals surface area contributed by atoms with Gasteiger partial charge in [0.1, 0.15) is 0 Å². The molecule has 0 saturated carbocycles. The molecule has 1 heterocycles. The third kappa shape index (κ3) is 4.06. The molecule has 0 amide bonds. The second-order valence-corrected chi connectivity index (χ2v) is 6.33. The lowest BCUT2D eigenvalue weighted by atomic mass is 10.0. The van der Waals surface area contributed by atoms with Crippen LogP contribution in [0, 0.1) is 11.8 Å². The van der Waals surface area contributed by atoms with Crippen molar-refractivity contribution >= 4 is 0 Å². The van der Waals surface area contributed by atoms with E-state index in [1.54, 1.807) is 0 Å². The molecule has 3 atom stereocenters. The van der Waals surface area contributed by atoms with Gasteiger partial charge in [-0.3, -0.25) is 4.90 Å². The molecule has 2 heteroatoms. The molecule has 1 rings (SSSR count). The molecule has 1 N–H and O–H groups in total. The van der Waals surface area contributed by atoms with Gasteiger partial charge in [0.15, 0.2) is 0 Å². The molecule has 16 heavy (non-hydrogen) atoms. The van der Waals surface area contributed by atoms with Crippen LogP contribution in [0.5, 0.6) is 0 Å². The first-order valence-electron chi connectivity index (χ1n) is 6.90. The second-order valence-electron chi connectivity index (χ2n) is 6.33. The summed E-state index contributed by atoms with van der Waals surface area (Å²) in [6.07, 6.45) is 1.28. The average Bonchev–Trinajstić information content (AvgIpc) is 2.46. The molecule has 96 valence electrons. The summed E-state index contributed by atoms with van der Waals surface area (Å²) >= 11 is 0. The van der Waals surface area contributed by atoms with E-state index >= 15 is 0 Å². The van der Waals surface area contributed by atoms with Crippen LogP contribution in [0.2, 0.25) is 0 Å². The van der Waals surface area contributed by atoms with Crippen LogP contribution >= 0.6 is 0 Å². The molecule has 0 aromatic carbocycles. The summed E-state index contributed by atoms with van der Waals surface area (Å²) in [5.74, 6) is 1.58. The molecule has 1 fully saturated rings. The second kappa shape index (κ2) is 6.02. The summed E-state index contributed by atoms with van der Waals surface area (Å²) in [5.41, 5.74) is 0. The van der Waals surface area contributed by atoms with E-state index in [2.05, 4.69) is 51.8 Å². The number of likely N-dealkylation sites (tertiary alicyclic amines) is 1. The van der Waals surface area contributed by atoms with Gasteiger partial charge in [-0.1, -0.05) is 20.8 Å². The SMILES string of the molecule is CC(C)CC(C)NC1CN(C(C)C)CC1C. The maximum Gasteiger partial charge on any atom is 0.0235 e. The monoisotopic (exact) mass is 226 g/mol. The van der Waals surface area contributed by atoms with Crippen LogP contribution in [0.15, 0.2) is 0 Å². The largest absolute Gasteiger partial charge is 0.310 e. The van der Waals surface area contributed by atoms with Crippen LogP contribution in [-0.4, -0.2) is 36.1 Å². The van der Waals surface area contributed by atoms with Crippen molar-refractivity contribution < 1.29 is 0 Å². The maximum absolute atomic E-state index is 3.80. The van der Waals surface area contributed by atoms with Crippen LogP contribution in [0.3, 0.4) is 0 Å². The lowest BCUT2D eigenvalue weighted by Crippen LogP contribution is -2.42. The molecule has 3 unspecified atom stereocenters. The molecule has 0 bridgehead atoms. The predicted octanol–water partition coefficient (Wildman–Crippen LogP) is 2.74. The number of nitrogens with one attached hydrogen (secondary N) is 1. The Balaban J connectivity index is 2.37. The smallest absolute Gasteiger partial charge is 0.0235 e. The Morgan fingerprint density at radius 2 is 1.75 bits per heavy atom. The minimum Gasteiger partial charge on any atom is -0.310 e. The first kappa shape index (κ1) is 14.0. The molecule has 0 spiro atoms. The Morgan fingerprint density at radius 3 is 2.19 bits per heavy atom. The third-order valence-electron chi connectivity index (χ3n) is 3.69. The molecule has 0 radical (unpaired) electrons. The lowest BCUT2D eigenvalue weighted by Gasteiger charge is -2.24. The van der Waals surface area contributed by atoms with E-state index in [1.165, 1.54) is 19.5 Å². The van der Waals surface area contributed by atoms with Gasteiger partial charge in [0.05, 0.1) is 0 Å². The summed E-state index contributed by atoms with van der Waals surface area (Å²) in [6, 6.07) is 2.03. The summed E-state index contributed by atoms with van der Waals surface area (Å²) in [5, 5.41) is 3.80. The van der Waals surface area contributed by atoms with E-state index in [9.17, 15) is 0 Å². The molecule has 1 aliphatic rings. The van der Waals surface area contributed by atoms with E-state index in [-0.39, 0.29) is 0 Å². The van der Waals surface area contributed by atoms with Crippen molar-refractivity contribution in [1.82, 2.24) is 10.2 Å². The van der Waals surface area contributed by atoms with Crippen molar-refractivity contribution in [3.05, 3.63) is 0 Å². The highest BCUT2D eigenvalue weighted by Gasteiger charge is 2.31. The van der Waals surface area contributed by atoms with Crippen molar-refractivity contribution in [1.29, 1.82) is 0 Å². The molecule has 0 aromatic heterocycles. The minimum atomic E-state index is 0.652. The van der Waals surface area contributed by atoms with Gasteiger partial charge in [0.2, 0.25) is 0 Å². The fraction of sp³-hybridized carbons (Fsp3) is 1.00. The van der Waals surface area contributed by atoms with Gasteiger partial charge >= 0.3 is 0 Å². The molecular weight excluding hydrogens is 196 g/mol. The Bertz CT molecular complexity index is 201. The zero-order valence-electron chi connectivity index (χ0n) is 12.0. The van der Waals surface area contributed by atoms with Crippen LogP contribution < -0.4 is 5.32 Å². The Labute approximate surface area is 102 Å². The van der Waals surface area contributed by atoms with E-state index < -0.39 is 0 Å². The van der Waals surface area contributed by atoms with Gasteiger partial charge in [-0.25, -0.2) is 0 Å². The van der Waals surface area contributed by atoms with Crippen molar-refractivity contribution in [3.63, 3.8) is 0 Å². The summed E-state index contributed by atoms with van der Waals surface area (Å²) in [6.45, 7) is 16.4. The highest BCUT2D eigenvalue weighted by atomic mass is 15.2. The first-order chi connectivity index (χ1) is 7.40. The minimum absolute atomic E-state index is 0.652. The van der Waals surface area contributed by atoms with E-state index in [4.69, 9.17) is 0 Å². The zero-order chi connectivity index (χ0) is 12.3. The normalized spacial score (nSPS) is 29.2. The van der Waals surface area contributed by atoms with E-state index in [0.29, 0.717) is 18.1 Å². The van der Waals surface area contributed by atoms with Gasteiger partial charge in [-0.05, 0) is 39.0 Å². The third-order valence-corrected chi connectivity index (χ3v) is 3.69. The van der Waals surface area contributed by atoms with Crippen molar-refractivity contribution in [3.8, 4) is 0 Å². The predicted molar refractivity (Wildman–Crippen MR) is 71.7 cm³/mol. The summed E-state index contributed by atoms with van der Waals surface area (Å²) < 4.78 is 0. The fourth-order valence-electron chi connectivity index (χ4n) is 2.78. The number of hydrogen-bond acceptors (Lipinski definition) is 2. The van der Waals surface area contributed by atoms with Crippen molar-refractivity contribution in [2.45, 2.75) is 66.1 Å². The lowest BCUT2D eigenvalue weighted by molar-refractivity contribution is 0.262. The fourth-order valence-corrected chi connectivity index (χ4v) is 2.78. The van der Waals surface area contributed by atoms with Crippen molar-refractivity contribution in [2.75, 3.05) is 13.1 Å². The van der Waals surface area contributed by atoms with Gasteiger partial charge in [0.25, 0.3) is 0 Å². The van der Waals surface area contributed by atoms with Gasteiger partial charge in [-0.2, -0.15) is 0 Å². The quantitative estimate of drug-likeness (QED) is 0.775. The number of rotatable bonds is 5. The van der Waals surface area contributed by atoms with Crippen LogP contribution in [0.25, 0.3) is 0 Å². The highest BCUT2D eigenvalue weighted by molar-refractivity contribution is 4.89. The summed E-state index contributed by atoms with van der Waals surface area (Å²) in [7, 11) is 0. The topological polar surface area (TPSA) is 15.3 Å². The van der Waals surface area contributed by atoms with Gasteiger partial charge in [0, 0.05) is 31.2 Å². The Kier molecular flexibility index (Phi) is 5.26. The molecule has 1 saturated heterocycles. The van der Waals surface area contributed by atoms with Gasteiger partial charge in [-0.15, -0.1) is 0 Å². The van der Waals surface area contributed by atoms with E-state index in [0.717, 1.165) is 11.8 Å². The average molecular weight is 226 g/mol. The molecular formula is C14H30N2. The number of nitrogens with zero attached hydrogens (tertiary/aromatic N) is 1. The maximum atomic E-state index is 3.80. The van der Waals surface area contributed by atoms with E-state index in [1.807, 2.05) is 0 Å². The van der Waals surface area contributed by atoms with Crippen molar-refractivity contribution in [2.24, 2.45) is 11.8 Å². The number of hydrogen-bond donors (Lipinski definition) is 1. The molecule has 2 nitrogen and oxygen atoms in total. The Morgan fingerprint density at radius 1 is 1.12 bits per heavy atom. The van der Waals surface area contributed by atoms with Crippen LogP contribution in [0.1, 0.15) is 48.0 Å². The molecule has 1 aliphatic heterocycles. The first-order valence-corrected chi connectivity index (χ1v) is 6.90. The van der Waals surface area contributed by atoms with Gasteiger partial charge < -0.3 is 5.32 Å². The zero-order valence-corrected chi connectivity index (χ0v) is 12.0. The van der Waals surface area contributed by atoms with Crippen LogP contribution in [0.4, 0.5) is 0 Å². The summed E-state index contributed by atoms with van der Waals surface area (Å²) in [4.78, 5) is 2.59. The molecule has 0 aromatic rings. The standard InChI is InChI=1S/C14H30N2/c1-10(2)7-13(6)15-14-9-16(11(3)4)8-12(14)5/h10-15H,7-9H2,1-6H3. The Hall–Kier alpha value is -0.0800. The highest BCUT2D eigenvalue weighted by Crippen LogP contribution is 2.19. The molecule has 0 aliphatic carbocycles.